The van der Waals surface area contributed by atoms with E-state index in [2.05, 4.69) is 15.9 Å². The topological polar surface area (TPSA) is 66.8 Å². The Hall–Kier alpha value is -2.53. The van der Waals surface area contributed by atoms with Gasteiger partial charge in [0, 0.05) is 11.1 Å². The van der Waals surface area contributed by atoms with Gasteiger partial charge < -0.3 is 14.9 Å². The van der Waals surface area contributed by atoms with Gasteiger partial charge in [0.15, 0.2) is 17.3 Å². The van der Waals surface area contributed by atoms with Gasteiger partial charge >= 0.3 is 0 Å². The van der Waals surface area contributed by atoms with Crippen LogP contribution in [0.2, 0.25) is 0 Å². The summed E-state index contributed by atoms with van der Waals surface area (Å²) in [6.45, 7) is 0. The van der Waals surface area contributed by atoms with E-state index in [-0.39, 0.29) is 17.3 Å². The van der Waals surface area contributed by atoms with Crippen LogP contribution in [0.1, 0.15) is 30.4 Å². The number of ether oxygens (including phenoxy) is 1. The lowest BCUT2D eigenvalue weighted by Crippen LogP contribution is -2.12. The quantitative estimate of drug-likeness (QED) is 0.686. The van der Waals surface area contributed by atoms with Crippen LogP contribution in [0.5, 0.6) is 17.2 Å². The van der Waals surface area contributed by atoms with Gasteiger partial charge in [0.2, 0.25) is 0 Å². The lowest BCUT2D eigenvalue weighted by atomic mass is 9.87. The second kappa shape index (κ2) is 7.79. The van der Waals surface area contributed by atoms with E-state index in [9.17, 15) is 15.0 Å². The van der Waals surface area contributed by atoms with Crippen molar-refractivity contribution in [3.8, 4) is 17.2 Å². The predicted molar refractivity (Wildman–Crippen MR) is 105 cm³/mol. The zero-order chi connectivity index (χ0) is 18.7. The van der Waals surface area contributed by atoms with E-state index in [1.165, 1.54) is 7.11 Å². The van der Waals surface area contributed by atoms with E-state index >= 15 is 0 Å². The van der Waals surface area contributed by atoms with Crippen LogP contribution in [0.15, 0.2) is 52.0 Å². The predicted octanol–water partition coefficient (Wildman–Crippen LogP) is 5.09. The highest BCUT2D eigenvalue weighted by Crippen LogP contribution is 2.32. The number of aromatic hydroxyl groups is 2. The molecule has 1 aliphatic carbocycles. The Morgan fingerprint density at radius 3 is 2.12 bits per heavy atom. The third kappa shape index (κ3) is 3.99. The normalized spacial score (nSPS) is 17.7. The second-order valence-corrected chi connectivity index (χ2v) is 7.02. The first-order chi connectivity index (χ1) is 12.5. The van der Waals surface area contributed by atoms with E-state index in [1.54, 1.807) is 36.4 Å². The molecule has 26 heavy (non-hydrogen) atoms. The number of halogens is 1. The van der Waals surface area contributed by atoms with Crippen molar-refractivity contribution >= 4 is 33.9 Å². The number of carbonyl (C=O) groups is 1. The molecule has 1 aliphatic rings. The summed E-state index contributed by atoms with van der Waals surface area (Å²) in [6.07, 6.45) is 6.07. The summed E-state index contributed by atoms with van der Waals surface area (Å²) < 4.78 is 5.72. The van der Waals surface area contributed by atoms with Crippen LogP contribution in [0, 0.1) is 0 Å². The fourth-order valence-corrected chi connectivity index (χ4v) is 3.37. The van der Waals surface area contributed by atoms with Crippen molar-refractivity contribution in [1.29, 1.82) is 0 Å². The first-order valence-electron chi connectivity index (χ1n) is 8.29. The number of hydrogen-bond donors (Lipinski definition) is 2. The number of ketones is 1. The zero-order valence-corrected chi connectivity index (χ0v) is 15.9. The van der Waals surface area contributed by atoms with Crippen molar-refractivity contribution in [1.82, 2.24) is 0 Å². The lowest BCUT2D eigenvalue weighted by Gasteiger charge is -2.17. The molecule has 0 heterocycles. The first kappa shape index (κ1) is 18.3. The molecule has 0 saturated heterocycles. The van der Waals surface area contributed by atoms with Gasteiger partial charge in [-0.3, -0.25) is 4.79 Å². The number of hydrogen-bond acceptors (Lipinski definition) is 4. The summed E-state index contributed by atoms with van der Waals surface area (Å²) in [4.78, 5) is 12.8. The highest BCUT2D eigenvalue weighted by atomic mass is 79.9. The molecule has 5 heteroatoms. The molecule has 4 nitrogen and oxygen atoms in total. The van der Waals surface area contributed by atoms with Crippen LogP contribution >= 0.6 is 15.9 Å². The maximum Gasteiger partial charge on any atom is 0.185 e. The second-order valence-electron chi connectivity index (χ2n) is 6.16. The third-order valence-electron chi connectivity index (χ3n) is 4.33. The van der Waals surface area contributed by atoms with Gasteiger partial charge in [0.25, 0.3) is 0 Å². The van der Waals surface area contributed by atoms with Crippen molar-refractivity contribution < 1.29 is 19.7 Å². The first-order valence-corrected chi connectivity index (χ1v) is 9.08. The van der Waals surface area contributed by atoms with Gasteiger partial charge in [-0.05, 0) is 82.7 Å². The molecular formula is C21H19BrO4. The molecule has 0 atom stereocenters. The van der Waals surface area contributed by atoms with Gasteiger partial charge in [-0.1, -0.05) is 12.1 Å². The largest absolute Gasteiger partial charge is 0.507 e. The smallest absolute Gasteiger partial charge is 0.185 e. The standard InChI is InChI=1S/C21H19BrO4/c1-26-20-12-14(6-8-19(20)24)10-16-4-2-3-15(21(16)25)9-13-5-7-18(23)17(22)11-13/h5-12,23-24H,2-4H2,1H3/b15-9-,16-10-. The summed E-state index contributed by atoms with van der Waals surface area (Å²) in [5.74, 6) is 0.659. The van der Waals surface area contributed by atoms with Crippen LogP contribution in [0.25, 0.3) is 12.2 Å². The third-order valence-corrected chi connectivity index (χ3v) is 4.97. The molecule has 2 aromatic carbocycles. The zero-order valence-electron chi connectivity index (χ0n) is 14.3. The fraction of sp³-hybridized carbons (Fsp3) is 0.190. The number of Topliss-reactive ketones (excluding diaryl/α,β-unsaturated/α-hetero) is 1. The highest BCUT2D eigenvalue weighted by Gasteiger charge is 2.20. The van der Waals surface area contributed by atoms with E-state index in [4.69, 9.17) is 4.74 Å². The van der Waals surface area contributed by atoms with Gasteiger partial charge in [0.05, 0.1) is 11.6 Å². The summed E-state index contributed by atoms with van der Waals surface area (Å²) in [5.41, 5.74) is 3.18. The SMILES string of the molecule is COc1cc(/C=C2/CCC/C(=C/c3ccc(O)c(Br)c3)C2=O)ccc1O. The molecule has 0 radical (unpaired) electrons. The number of benzene rings is 2. The molecule has 2 N–H and O–H groups in total. The Kier molecular flexibility index (Phi) is 5.47. The van der Waals surface area contributed by atoms with Crippen molar-refractivity contribution in [3.63, 3.8) is 0 Å². The molecule has 1 fully saturated rings. The highest BCUT2D eigenvalue weighted by molar-refractivity contribution is 9.10. The average molecular weight is 415 g/mol. The minimum Gasteiger partial charge on any atom is -0.507 e. The maximum atomic E-state index is 12.8. The Bertz CT molecular complexity index is 912. The molecule has 3 rings (SSSR count). The van der Waals surface area contributed by atoms with Crippen molar-refractivity contribution in [2.75, 3.05) is 7.11 Å². The molecular weight excluding hydrogens is 396 g/mol. The molecule has 134 valence electrons. The van der Waals surface area contributed by atoms with Crippen LogP contribution < -0.4 is 4.74 Å². The molecule has 0 amide bonds. The maximum absolute atomic E-state index is 12.8. The minimum absolute atomic E-state index is 0.0347. The molecule has 0 bridgehead atoms. The van der Waals surface area contributed by atoms with Gasteiger partial charge in [-0.2, -0.15) is 0 Å². The average Bonchev–Trinajstić information content (AvgIpc) is 2.63. The lowest BCUT2D eigenvalue weighted by molar-refractivity contribution is -0.112. The van der Waals surface area contributed by atoms with Crippen LogP contribution in [0.3, 0.4) is 0 Å². The number of phenols is 2. The van der Waals surface area contributed by atoms with Gasteiger partial charge in [0.1, 0.15) is 5.75 Å². The Balaban J connectivity index is 1.89. The van der Waals surface area contributed by atoms with Crippen LogP contribution in [-0.4, -0.2) is 23.1 Å². The molecule has 2 aromatic rings. The van der Waals surface area contributed by atoms with Crippen molar-refractivity contribution in [3.05, 3.63) is 63.1 Å². The molecule has 0 spiro atoms. The van der Waals surface area contributed by atoms with E-state index in [1.807, 2.05) is 12.2 Å². The number of allylic oxidation sites excluding steroid dienone is 2. The Morgan fingerprint density at radius 2 is 1.54 bits per heavy atom. The summed E-state index contributed by atoms with van der Waals surface area (Å²) in [5, 5.41) is 19.3. The van der Waals surface area contributed by atoms with E-state index in [0.717, 1.165) is 41.5 Å². The van der Waals surface area contributed by atoms with Crippen molar-refractivity contribution in [2.45, 2.75) is 19.3 Å². The van der Waals surface area contributed by atoms with Gasteiger partial charge in [-0.25, -0.2) is 0 Å². The molecule has 0 aromatic heterocycles. The number of carbonyl (C=O) groups excluding carboxylic acids is 1. The molecule has 1 saturated carbocycles. The van der Waals surface area contributed by atoms with Crippen LogP contribution in [0.4, 0.5) is 0 Å². The fourth-order valence-electron chi connectivity index (χ4n) is 2.98. The Labute approximate surface area is 160 Å². The molecule has 0 unspecified atom stereocenters. The minimum atomic E-state index is 0.0347. The summed E-state index contributed by atoms with van der Waals surface area (Å²) >= 11 is 3.29. The Morgan fingerprint density at radius 1 is 0.962 bits per heavy atom. The van der Waals surface area contributed by atoms with Gasteiger partial charge in [-0.15, -0.1) is 0 Å². The number of methoxy groups -OCH3 is 1. The number of phenolic OH excluding ortho intramolecular Hbond substituents is 2. The monoisotopic (exact) mass is 414 g/mol. The number of rotatable bonds is 3. The van der Waals surface area contributed by atoms with Crippen LogP contribution in [-0.2, 0) is 4.79 Å². The summed E-state index contributed by atoms with van der Waals surface area (Å²) in [7, 11) is 1.49. The van der Waals surface area contributed by atoms with E-state index < -0.39 is 0 Å². The summed E-state index contributed by atoms with van der Waals surface area (Å²) in [6, 6.07) is 10.2. The molecule has 0 aliphatic heterocycles. The van der Waals surface area contributed by atoms with Crippen molar-refractivity contribution in [2.24, 2.45) is 0 Å². The van der Waals surface area contributed by atoms with E-state index in [0.29, 0.717) is 10.2 Å².